The molecule has 0 bridgehead atoms. The number of rotatable bonds is 6. The number of hydrogen-bond acceptors (Lipinski definition) is 4. The lowest BCUT2D eigenvalue weighted by molar-refractivity contribution is 0.0945. The van der Waals surface area contributed by atoms with Gasteiger partial charge < -0.3 is 5.32 Å². The molecule has 1 fully saturated rings. The maximum absolute atomic E-state index is 12.3. The normalized spacial score (nSPS) is 17.6. The molecule has 1 aliphatic heterocycles. The third-order valence-electron chi connectivity index (χ3n) is 5.00. The van der Waals surface area contributed by atoms with E-state index >= 15 is 0 Å². The average molecular weight is 354 g/mol. The summed E-state index contributed by atoms with van der Waals surface area (Å²) in [4.78, 5) is 14.7. The van der Waals surface area contributed by atoms with Crippen LogP contribution in [0.2, 0.25) is 0 Å². The lowest BCUT2D eigenvalue weighted by Gasteiger charge is -2.18. The molecule has 2 aromatic heterocycles. The second kappa shape index (κ2) is 7.07. The van der Waals surface area contributed by atoms with E-state index in [0.29, 0.717) is 11.7 Å². The molecule has 3 heterocycles. The van der Waals surface area contributed by atoms with Crippen LogP contribution in [0.15, 0.2) is 24.9 Å². The van der Waals surface area contributed by atoms with E-state index in [1.165, 1.54) is 5.56 Å². The van der Waals surface area contributed by atoms with E-state index in [0.717, 1.165) is 63.4 Å². The molecule has 4 rings (SSSR count). The van der Waals surface area contributed by atoms with Gasteiger partial charge in [-0.05, 0) is 32.3 Å². The molecule has 0 unspecified atom stereocenters. The minimum atomic E-state index is -0.0406. The van der Waals surface area contributed by atoms with Crippen LogP contribution in [0, 0.1) is 6.92 Å². The summed E-state index contributed by atoms with van der Waals surface area (Å²) in [6, 6.07) is 2.31. The molecule has 7 nitrogen and oxygen atoms in total. The second-order valence-corrected chi connectivity index (χ2v) is 7.31. The summed E-state index contributed by atoms with van der Waals surface area (Å²) in [5.74, 6) is -0.0406. The fraction of sp³-hybridized carbons (Fsp3) is 0.526. The van der Waals surface area contributed by atoms with Gasteiger partial charge in [-0.3, -0.25) is 19.1 Å². The number of allylic oxidation sites excluding steroid dienone is 1. The van der Waals surface area contributed by atoms with Gasteiger partial charge in [0.1, 0.15) is 5.69 Å². The van der Waals surface area contributed by atoms with Gasteiger partial charge in [-0.25, -0.2) is 0 Å². The van der Waals surface area contributed by atoms with Crippen molar-refractivity contribution in [3.8, 4) is 0 Å². The summed E-state index contributed by atoms with van der Waals surface area (Å²) >= 11 is 0. The predicted octanol–water partition coefficient (Wildman–Crippen LogP) is 1.87. The van der Waals surface area contributed by atoms with Crippen LogP contribution in [0.1, 0.15) is 46.7 Å². The number of carbonyl (C=O) groups is 1. The van der Waals surface area contributed by atoms with E-state index in [2.05, 4.69) is 40.1 Å². The number of aromatic nitrogens is 4. The average Bonchev–Trinajstić information content (AvgIpc) is 3.28. The molecule has 0 atom stereocenters. The van der Waals surface area contributed by atoms with Crippen molar-refractivity contribution >= 4 is 5.91 Å². The lowest BCUT2D eigenvalue weighted by atomic mass is 10.2. The van der Waals surface area contributed by atoms with Gasteiger partial charge in [0.2, 0.25) is 0 Å². The monoisotopic (exact) mass is 354 g/mol. The van der Waals surface area contributed by atoms with Gasteiger partial charge in [-0.2, -0.15) is 10.2 Å². The van der Waals surface area contributed by atoms with Crippen LogP contribution < -0.4 is 5.32 Å². The quantitative estimate of drug-likeness (QED) is 0.804. The summed E-state index contributed by atoms with van der Waals surface area (Å²) in [6.45, 7) is 10.1. The first-order valence-corrected chi connectivity index (χ1v) is 9.36. The Morgan fingerprint density at radius 2 is 2.23 bits per heavy atom. The minimum Gasteiger partial charge on any atom is -0.348 e. The highest BCUT2D eigenvalue weighted by atomic mass is 16.2. The Bertz CT molecular complexity index is 816. The van der Waals surface area contributed by atoms with Crippen molar-refractivity contribution < 1.29 is 4.79 Å². The highest BCUT2D eigenvalue weighted by molar-refractivity contribution is 5.92. The number of amides is 1. The molecular formula is C19H26N6O. The fourth-order valence-corrected chi connectivity index (χ4v) is 3.44. The molecule has 138 valence electrons. The molecule has 0 saturated heterocycles. The predicted molar refractivity (Wildman–Crippen MR) is 98.6 cm³/mol. The van der Waals surface area contributed by atoms with Crippen molar-refractivity contribution in [2.45, 2.75) is 58.4 Å². The van der Waals surface area contributed by atoms with Crippen LogP contribution in [0.3, 0.4) is 0 Å². The maximum atomic E-state index is 12.3. The molecular weight excluding hydrogens is 328 g/mol. The summed E-state index contributed by atoms with van der Waals surface area (Å²) in [5.41, 5.74) is 3.96. The molecule has 7 heteroatoms. The molecule has 1 N–H and O–H groups in total. The fourth-order valence-electron chi connectivity index (χ4n) is 3.44. The lowest BCUT2D eigenvalue weighted by Crippen LogP contribution is -2.26. The molecule has 1 aliphatic carbocycles. The van der Waals surface area contributed by atoms with Gasteiger partial charge in [0.05, 0.1) is 17.9 Å². The molecule has 0 spiro atoms. The van der Waals surface area contributed by atoms with Gasteiger partial charge in [0, 0.05) is 44.0 Å². The Morgan fingerprint density at radius 3 is 3.00 bits per heavy atom. The third-order valence-corrected chi connectivity index (χ3v) is 5.00. The van der Waals surface area contributed by atoms with E-state index in [4.69, 9.17) is 0 Å². The van der Waals surface area contributed by atoms with Crippen molar-refractivity contribution in [1.29, 1.82) is 0 Å². The van der Waals surface area contributed by atoms with Gasteiger partial charge >= 0.3 is 0 Å². The molecule has 26 heavy (non-hydrogen) atoms. The first-order valence-electron chi connectivity index (χ1n) is 9.36. The van der Waals surface area contributed by atoms with Crippen molar-refractivity contribution in [3.63, 3.8) is 0 Å². The summed E-state index contributed by atoms with van der Waals surface area (Å²) in [5, 5.41) is 12.1. The third kappa shape index (κ3) is 3.72. The first kappa shape index (κ1) is 17.0. The number of nitrogens with one attached hydrogen (secondary N) is 1. The molecule has 0 aromatic carbocycles. The molecule has 1 amide bonds. The number of fused-ring (bicyclic) bond motifs is 1. The summed E-state index contributed by atoms with van der Waals surface area (Å²) in [6.07, 6.45) is 7.17. The highest BCUT2D eigenvalue weighted by Crippen LogP contribution is 2.21. The van der Waals surface area contributed by atoms with Crippen LogP contribution in [-0.2, 0) is 26.2 Å². The largest absolute Gasteiger partial charge is 0.348 e. The van der Waals surface area contributed by atoms with E-state index < -0.39 is 0 Å². The number of carbonyl (C=O) groups excluding carboxylic acids is 1. The van der Waals surface area contributed by atoms with Gasteiger partial charge in [0.25, 0.3) is 5.91 Å². The van der Waals surface area contributed by atoms with E-state index in [-0.39, 0.29) is 5.91 Å². The number of nitrogens with zero attached hydrogens (tertiary/aromatic N) is 5. The van der Waals surface area contributed by atoms with Crippen molar-refractivity contribution in [2.75, 3.05) is 6.54 Å². The highest BCUT2D eigenvalue weighted by Gasteiger charge is 2.26. The van der Waals surface area contributed by atoms with Crippen LogP contribution in [0.5, 0.6) is 0 Å². The second-order valence-electron chi connectivity index (χ2n) is 7.31. The SMILES string of the molecule is C=CCn1cc(CN2CCCn3nc(C(=O)NC4CC4)cc3C2)c(C)n1. The molecule has 2 aliphatic rings. The molecule has 2 aromatic rings. The van der Waals surface area contributed by atoms with E-state index in [9.17, 15) is 4.79 Å². The standard InChI is InChI=1S/C19H26N6O/c1-3-7-24-12-15(14(2)21-24)11-23-8-4-9-25-17(13-23)10-18(22-25)19(26)20-16-5-6-16/h3,10,12,16H,1,4-9,11,13H2,2H3,(H,20,26). The Balaban J connectivity index is 1.46. The van der Waals surface area contributed by atoms with Crippen LogP contribution in [-0.4, -0.2) is 43.0 Å². The van der Waals surface area contributed by atoms with Crippen molar-refractivity contribution in [3.05, 3.63) is 47.6 Å². The first-order chi connectivity index (χ1) is 12.6. The zero-order valence-corrected chi connectivity index (χ0v) is 15.3. The van der Waals surface area contributed by atoms with Crippen LogP contribution in [0.4, 0.5) is 0 Å². The zero-order chi connectivity index (χ0) is 18.1. The summed E-state index contributed by atoms with van der Waals surface area (Å²) < 4.78 is 3.93. The maximum Gasteiger partial charge on any atom is 0.272 e. The Labute approximate surface area is 153 Å². The van der Waals surface area contributed by atoms with E-state index in [1.54, 1.807) is 0 Å². The van der Waals surface area contributed by atoms with E-state index in [1.807, 2.05) is 21.5 Å². The van der Waals surface area contributed by atoms with Gasteiger partial charge in [0.15, 0.2) is 0 Å². The van der Waals surface area contributed by atoms with Gasteiger partial charge in [-0.15, -0.1) is 6.58 Å². The molecule has 1 saturated carbocycles. The zero-order valence-electron chi connectivity index (χ0n) is 15.3. The molecule has 0 radical (unpaired) electrons. The minimum absolute atomic E-state index is 0.0406. The summed E-state index contributed by atoms with van der Waals surface area (Å²) in [7, 11) is 0. The van der Waals surface area contributed by atoms with Crippen molar-refractivity contribution in [1.82, 2.24) is 29.8 Å². The topological polar surface area (TPSA) is 68.0 Å². The Hall–Kier alpha value is -2.41. The van der Waals surface area contributed by atoms with Crippen LogP contribution in [0.25, 0.3) is 0 Å². The Morgan fingerprint density at radius 1 is 1.38 bits per heavy atom. The smallest absolute Gasteiger partial charge is 0.272 e. The number of aryl methyl sites for hydroxylation is 2. The van der Waals surface area contributed by atoms with Crippen molar-refractivity contribution in [2.24, 2.45) is 0 Å². The van der Waals surface area contributed by atoms with Crippen LogP contribution >= 0.6 is 0 Å². The van der Waals surface area contributed by atoms with Gasteiger partial charge in [-0.1, -0.05) is 6.08 Å². The number of hydrogen-bond donors (Lipinski definition) is 1. The Kier molecular flexibility index (Phi) is 4.63.